The van der Waals surface area contributed by atoms with Crippen molar-refractivity contribution in [3.8, 4) is 5.88 Å². The van der Waals surface area contributed by atoms with Crippen LogP contribution in [0.2, 0.25) is 10.0 Å². The summed E-state index contributed by atoms with van der Waals surface area (Å²) in [6.45, 7) is 0.644. The molecule has 1 unspecified atom stereocenters. The Morgan fingerprint density at radius 2 is 2.22 bits per heavy atom. The average Bonchev–Trinajstić information content (AvgIpc) is 3.03. The number of amides is 1. The van der Waals surface area contributed by atoms with Gasteiger partial charge in [-0.15, -0.1) is 11.8 Å². The van der Waals surface area contributed by atoms with Crippen LogP contribution in [-0.2, 0) is 0 Å². The molecule has 23 heavy (non-hydrogen) atoms. The summed E-state index contributed by atoms with van der Waals surface area (Å²) in [7, 11) is 1.51. The molecular formula is C16H14Cl2N2O2S. The molecule has 0 saturated carbocycles. The number of carbonyl (C=O) groups is 1. The minimum atomic E-state index is -0.142. The summed E-state index contributed by atoms with van der Waals surface area (Å²) in [5.74, 6) is 1.06. The highest BCUT2D eigenvalue weighted by Crippen LogP contribution is 2.42. The Bertz CT molecular complexity index is 742. The van der Waals surface area contributed by atoms with Crippen LogP contribution >= 0.6 is 35.0 Å². The maximum absolute atomic E-state index is 12.9. The Morgan fingerprint density at radius 1 is 1.39 bits per heavy atom. The molecule has 2 heterocycles. The zero-order valence-electron chi connectivity index (χ0n) is 12.3. The fourth-order valence-corrected chi connectivity index (χ4v) is 4.38. The highest BCUT2D eigenvalue weighted by Gasteiger charge is 2.33. The third kappa shape index (κ3) is 3.27. The molecule has 0 spiro atoms. The molecule has 1 fully saturated rings. The minimum absolute atomic E-state index is 0.115. The Balaban J connectivity index is 1.94. The summed E-state index contributed by atoms with van der Waals surface area (Å²) in [5, 5.41) is 0.999. The number of thioether (sulfide) groups is 1. The van der Waals surface area contributed by atoms with E-state index in [1.807, 2.05) is 6.07 Å². The average molecular weight is 369 g/mol. The molecule has 1 atom stereocenters. The number of pyridine rings is 1. The molecule has 1 aliphatic rings. The van der Waals surface area contributed by atoms with Crippen molar-refractivity contribution in [3.63, 3.8) is 0 Å². The normalized spacial score (nSPS) is 17.3. The number of aromatic nitrogens is 1. The summed E-state index contributed by atoms with van der Waals surface area (Å²) in [6, 6.07) is 8.80. The summed E-state index contributed by atoms with van der Waals surface area (Å²) in [6.07, 6.45) is 1.60. The van der Waals surface area contributed by atoms with Gasteiger partial charge in [0.1, 0.15) is 10.9 Å². The van der Waals surface area contributed by atoms with E-state index >= 15 is 0 Å². The van der Waals surface area contributed by atoms with E-state index in [0.29, 0.717) is 28.0 Å². The number of halogens is 2. The number of rotatable bonds is 3. The molecule has 4 nitrogen and oxygen atoms in total. The first-order valence-corrected chi connectivity index (χ1v) is 8.79. The molecule has 0 aliphatic carbocycles. The smallest absolute Gasteiger partial charge is 0.260 e. The van der Waals surface area contributed by atoms with E-state index in [-0.39, 0.29) is 11.3 Å². The second-order valence-corrected chi connectivity index (χ2v) is 6.98. The van der Waals surface area contributed by atoms with Crippen LogP contribution in [0.15, 0.2) is 36.5 Å². The van der Waals surface area contributed by atoms with E-state index in [2.05, 4.69) is 4.98 Å². The van der Waals surface area contributed by atoms with E-state index in [1.165, 1.54) is 7.11 Å². The van der Waals surface area contributed by atoms with Crippen LogP contribution in [0.3, 0.4) is 0 Å². The summed E-state index contributed by atoms with van der Waals surface area (Å²) in [5.41, 5.74) is 1.34. The topological polar surface area (TPSA) is 42.4 Å². The van der Waals surface area contributed by atoms with E-state index in [9.17, 15) is 4.79 Å². The van der Waals surface area contributed by atoms with Gasteiger partial charge in [0.2, 0.25) is 5.88 Å². The highest BCUT2D eigenvalue weighted by atomic mass is 35.5. The minimum Gasteiger partial charge on any atom is -0.480 e. The standard InChI is InChI=1S/C16H14Cl2N2O2S/c1-22-14-12(3-2-6-19-14)15(21)20-7-8-23-16(20)11-5-4-10(17)9-13(11)18/h2-6,9,16H,7-8H2,1H3. The molecule has 2 aromatic rings. The molecule has 1 amide bonds. The molecule has 0 N–H and O–H groups in total. The number of hydrogen-bond acceptors (Lipinski definition) is 4. The maximum atomic E-state index is 12.9. The lowest BCUT2D eigenvalue weighted by Crippen LogP contribution is -2.31. The van der Waals surface area contributed by atoms with Gasteiger partial charge in [0, 0.05) is 34.1 Å². The van der Waals surface area contributed by atoms with Gasteiger partial charge in [0.25, 0.3) is 5.91 Å². The molecule has 1 aromatic carbocycles. The van der Waals surface area contributed by atoms with Gasteiger partial charge < -0.3 is 9.64 Å². The lowest BCUT2D eigenvalue weighted by atomic mass is 10.1. The van der Waals surface area contributed by atoms with Crippen molar-refractivity contribution in [2.24, 2.45) is 0 Å². The van der Waals surface area contributed by atoms with E-state index < -0.39 is 0 Å². The molecule has 0 bridgehead atoms. The van der Waals surface area contributed by atoms with Crippen LogP contribution in [-0.4, -0.2) is 35.2 Å². The van der Waals surface area contributed by atoms with Crippen LogP contribution in [0.5, 0.6) is 5.88 Å². The maximum Gasteiger partial charge on any atom is 0.260 e. The molecule has 0 radical (unpaired) electrons. The van der Waals surface area contributed by atoms with Crippen molar-refractivity contribution in [1.82, 2.24) is 9.88 Å². The van der Waals surface area contributed by atoms with E-state index in [0.717, 1.165) is 11.3 Å². The van der Waals surface area contributed by atoms with E-state index in [4.69, 9.17) is 27.9 Å². The van der Waals surface area contributed by atoms with Crippen molar-refractivity contribution in [1.29, 1.82) is 0 Å². The number of nitrogens with zero attached hydrogens (tertiary/aromatic N) is 2. The van der Waals surface area contributed by atoms with Gasteiger partial charge in [0.15, 0.2) is 0 Å². The Kier molecular flexibility index (Phi) is 4.99. The van der Waals surface area contributed by atoms with Gasteiger partial charge in [-0.25, -0.2) is 4.98 Å². The second kappa shape index (κ2) is 6.99. The highest BCUT2D eigenvalue weighted by molar-refractivity contribution is 7.99. The summed E-state index contributed by atoms with van der Waals surface area (Å²) in [4.78, 5) is 18.8. The van der Waals surface area contributed by atoms with Crippen molar-refractivity contribution < 1.29 is 9.53 Å². The van der Waals surface area contributed by atoms with Crippen LogP contribution in [0, 0.1) is 0 Å². The quantitative estimate of drug-likeness (QED) is 0.810. The van der Waals surface area contributed by atoms with Crippen LogP contribution in [0.4, 0.5) is 0 Å². The third-order valence-corrected chi connectivity index (χ3v) is 5.38. The third-order valence-electron chi connectivity index (χ3n) is 3.58. The largest absolute Gasteiger partial charge is 0.480 e. The Labute approximate surface area is 148 Å². The van der Waals surface area contributed by atoms with Crippen molar-refractivity contribution in [3.05, 3.63) is 57.7 Å². The number of methoxy groups -OCH3 is 1. The first kappa shape index (κ1) is 16.4. The number of ether oxygens (including phenoxy) is 1. The molecule has 1 aromatic heterocycles. The van der Waals surface area contributed by atoms with Gasteiger partial charge in [-0.3, -0.25) is 4.79 Å². The van der Waals surface area contributed by atoms with Gasteiger partial charge >= 0.3 is 0 Å². The van der Waals surface area contributed by atoms with Crippen molar-refractivity contribution in [2.75, 3.05) is 19.4 Å². The van der Waals surface area contributed by atoms with Gasteiger partial charge in [0.05, 0.1) is 7.11 Å². The van der Waals surface area contributed by atoms with Crippen molar-refractivity contribution >= 4 is 40.9 Å². The van der Waals surface area contributed by atoms with Gasteiger partial charge in [-0.2, -0.15) is 0 Å². The number of benzene rings is 1. The van der Waals surface area contributed by atoms with Crippen LogP contribution in [0.1, 0.15) is 21.3 Å². The summed E-state index contributed by atoms with van der Waals surface area (Å²) >= 11 is 13.9. The monoisotopic (exact) mass is 368 g/mol. The molecule has 120 valence electrons. The molecular weight excluding hydrogens is 355 g/mol. The Morgan fingerprint density at radius 3 is 2.96 bits per heavy atom. The van der Waals surface area contributed by atoms with E-state index in [1.54, 1.807) is 47.1 Å². The van der Waals surface area contributed by atoms with Crippen LogP contribution in [0.25, 0.3) is 0 Å². The molecule has 7 heteroatoms. The van der Waals surface area contributed by atoms with Crippen LogP contribution < -0.4 is 4.74 Å². The molecule has 1 aliphatic heterocycles. The first-order valence-electron chi connectivity index (χ1n) is 6.98. The lowest BCUT2D eigenvalue weighted by Gasteiger charge is -2.25. The molecule has 1 saturated heterocycles. The fourth-order valence-electron chi connectivity index (χ4n) is 2.51. The number of hydrogen-bond donors (Lipinski definition) is 0. The first-order chi connectivity index (χ1) is 11.1. The predicted molar refractivity (Wildman–Crippen MR) is 93.5 cm³/mol. The fraction of sp³-hybridized carbons (Fsp3) is 0.250. The van der Waals surface area contributed by atoms with Crippen molar-refractivity contribution in [2.45, 2.75) is 5.37 Å². The SMILES string of the molecule is COc1ncccc1C(=O)N1CCSC1c1ccc(Cl)cc1Cl. The zero-order chi connectivity index (χ0) is 16.4. The summed E-state index contributed by atoms with van der Waals surface area (Å²) < 4.78 is 5.20. The predicted octanol–water partition coefficient (Wildman–Crippen LogP) is 4.28. The second-order valence-electron chi connectivity index (χ2n) is 4.95. The Hall–Kier alpha value is -1.43. The lowest BCUT2D eigenvalue weighted by molar-refractivity contribution is 0.0756. The molecule has 3 rings (SSSR count). The van der Waals surface area contributed by atoms with Gasteiger partial charge in [-0.1, -0.05) is 29.3 Å². The number of carbonyl (C=O) groups excluding carboxylic acids is 1. The zero-order valence-corrected chi connectivity index (χ0v) is 14.7. The van der Waals surface area contributed by atoms with Gasteiger partial charge in [-0.05, 0) is 24.3 Å².